The maximum Gasteiger partial charge on any atom is 0.311 e. The van der Waals surface area contributed by atoms with Gasteiger partial charge in [0.2, 0.25) is 0 Å². The summed E-state index contributed by atoms with van der Waals surface area (Å²) in [5, 5.41) is 9.43. The summed E-state index contributed by atoms with van der Waals surface area (Å²) in [7, 11) is 0. The van der Waals surface area contributed by atoms with Crippen LogP contribution in [0.2, 0.25) is 0 Å². The van der Waals surface area contributed by atoms with Gasteiger partial charge in [0.05, 0.1) is 18.6 Å². The Kier molecular flexibility index (Phi) is 11.3. The lowest BCUT2D eigenvalue weighted by Gasteiger charge is -2.22. The largest absolute Gasteiger partial charge is 0.494 e. The molecule has 2 aromatic rings. The van der Waals surface area contributed by atoms with E-state index >= 15 is 0 Å². The molecule has 0 amide bonds. The second kappa shape index (κ2) is 13.9. The monoisotopic (exact) mass is 442 g/mol. The summed E-state index contributed by atoms with van der Waals surface area (Å²) in [6.07, 6.45) is 4.20. The van der Waals surface area contributed by atoms with Crippen LogP contribution in [0.5, 0.6) is 5.75 Å². The van der Waals surface area contributed by atoms with Gasteiger partial charge in [0.25, 0.3) is 0 Å². The van der Waals surface area contributed by atoms with E-state index in [1.165, 1.54) is 11.1 Å². The van der Waals surface area contributed by atoms with Gasteiger partial charge in [0, 0.05) is 6.61 Å². The average Bonchev–Trinajstić information content (AvgIpc) is 2.83. The molecule has 5 heteroatoms. The Balaban J connectivity index is 1.53. The standard InChI is InChI=1S/C27H38O5/c1-4-27(2,3)26(29)32-21-25(20-28)31-19-11-6-5-10-18-30-24-16-14-23(15-17-24)22-12-8-7-9-13-22/h7-9,12-17,25,28H,4-6,10-11,18-21H2,1-3H3. The number of aliphatic hydroxyl groups excluding tert-OH is 1. The molecule has 0 saturated carbocycles. The predicted molar refractivity (Wildman–Crippen MR) is 128 cm³/mol. The lowest BCUT2D eigenvalue weighted by molar-refractivity contribution is -0.159. The number of aliphatic hydroxyl groups is 1. The number of benzene rings is 2. The zero-order valence-electron chi connectivity index (χ0n) is 19.7. The Morgan fingerprint density at radius 1 is 0.906 bits per heavy atom. The Bertz CT molecular complexity index is 770. The number of unbranched alkanes of at least 4 members (excludes halogenated alkanes) is 3. The van der Waals surface area contributed by atoms with E-state index in [0.29, 0.717) is 19.6 Å². The van der Waals surface area contributed by atoms with Crippen molar-refractivity contribution in [2.75, 3.05) is 26.4 Å². The maximum absolute atomic E-state index is 12.0. The molecule has 2 rings (SSSR count). The molecule has 0 fully saturated rings. The van der Waals surface area contributed by atoms with Crippen molar-refractivity contribution in [1.29, 1.82) is 0 Å². The summed E-state index contributed by atoms with van der Waals surface area (Å²) in [6.45, 7) is 6.83. The van der Waals surface area contributed by atoms with E-state index in [0.717, 1.165) is 31.4 Å². The molecule has 1 unspecified atom stereocenters. The number of rotatable bonds is 15. The van der Waals surface area contributed by atoms with Gasteiger partial charge in [-0.25, -0.2) is 0 Å². The Morgan fingerprint density at radius 2 is 1.53 bits per heavy atom. The van der Waals surface area contributed by atoms with Crippen molar-refractivity contribution in [2.24, 2.45) is 5.41 Å². The molecule has 0 aliphatic carbocycles. The van der Waals surface area contributed by atoms with Crippen LogP contribution in [0.1, 0.15) is 52.9 Å². The lowest BCUT2D eigenvalue weighted by atomic mass is 9.91. The SMILES string of the molecule is CCC(C)(C)C(=O)OCC(CO)OCCCCCCOc1ccc(-c2ccccc2)cc1. The smallest absolute Gasteiger partial charge is 0.311 e. The third-order valence-electron chi connectivity index (χ3n) is 5.66. The molecule has 5 nitrogen and oxygen atoms in total. The fourth-order valence-corrected chi connectivity index (χ4v) is 3.03. The molecule has 0 radical (unpaired) electrons. The second-order valence-corrected chi connectivity index (χ2v) is 8.66. The van der Waals surface area contributed by atoms with Gasteiger partial charge in [-0.1, -0.05) is 55.8 Å². The molecular weight excluding hydrogens is 404 g/mol. The molecular formula is C27H38O5. The summed E-state index contributed by atoms with van der Waals surface area (Å²) in [5.74, 6) is 0.636. The first kappa shape index (κ1) is 25.9. The van der Waals surface area contributed by atoms with E-state index in [2.05, 4.69) is 24.3 Å². The van der Waals surface area contributed by atoms with Crippen molar-refractivity contribution in [3.63, 3.8) is 0 Å². The van der Waals surface area contributed by atoms with Gasteiger partial charge in [-0.2, -0.15) is 0 Å². The van der Waals surface area contributed by atoms with Crippen LogP contribution >= 0.6 is 0 Å². The predicted octanol–water partition coefficient (Wildman–Crippen LogP) is 5.65. The fourth-order valence-electron chi connectivity index (χ4n) is 3.03. The highest BCUT2D eigenvalue weighted by molar-refractivity contribution is 5.75. The Hall–Kier alpha value is -2.37. The summed E-state index contributed by atoms with van der Waals surface area (Å²) in [6, 6.07) is 18.5. The number of esters is 1. The van der Waals surface area contributed by atoms with E-state index in [1.807, 2.05) is 51.1 Å². The van der Waals surface area contributed by atoms with Gasteiger partial charge in [-0.3, -0.25) is 4.79 Å². The molecule has 0 heterocycles. The highest BCUT2D eigenvalue weighted by Crippen LogP contribution is 2.23. The van der Waals surface area contributed by atoms with Gasteiger partial charge in [-0.05, 0) is 62.8 Å². The molecule has 0 aromatic heterocycles. The van der Waals surface area contributed by atoms with Crippen LogP contribution < -0.4 is 4.74 Å². The second-order valence-electron chi connectivity index (χ2n) is 8.66. The molecule has 32 heavy (non-hydrogen) atoms. The number of ether oxygens (including phenoxy) is 3. The van der Waals surface area contributed by atoms with Crippen molar-refractivity contribution in [2.45, 2.75) is 59.0 Å². The summed E-state index contributed by atoms with van der Waals surface area (Å²) >= 11 is 0. The molecule has 1 atom stereocenters. The quantitative estimate of drug-likeness (QED) is 0.285. The maximum atomic E-state index is 12.0. The zero-order chi connectivity index (χ0) is 23.2. The van der Waals surface area contributed by atoms with Crippen LogP contribution in [0.25, 0.3) is 11.1 Å². The normalized spacial score (nSPS) is 12.4. The Morgan fingerprint density at radius 3 is 2.16 bits per heavy atom. The van der Waals surface area contributed by atoms with E-state index in [4.69, 9.17) is 14.2 Å². The number of carbonyl (C=O) groups is 1. The van der Waals surface area contributed by atoms with Crippen molar-refractivity contribution in [3.05, 3.63) is 54.6 Å². The van der Waals surface area contributed by atoms with Crippen molar-refractivity contribution >= 4 is 5.97 Å². The van der Waals surface area contributed by atoms with Gasteiger partial charge in [-0.15, -0.1) is 0 Å². The number of hydrogen-bond acceptors (Lipinski definition) is 5. The minimum Gasteiger partial charge on any atom is -0.494 e. The van der Waals surface area contributed by atoms with Crippen LogP contribution in [-0.4, -0.2) is 43.6 Å². The topological polar surface area (TPSA) is 65.0 Å². The molecule has 0 aliphatic heterocycles. The third-order valence-corrected chi connectivity index (χ3v) is 5.66. The molecule has 2 aromatic carbocycles. The third kappa shape index (κ3) is 9.01. The van der Waals surface area contributed by atoms with Gasteiger partial charge >= 0.3 is 5.97 Å². The average molecular weight is 443 g/mol. The van der Waals surface area contributed by atoms with Crippen LogP contribution in [0.4, 0.5) is 0 Å². The first-order valence-corrected chi connectivity index (χ1v) is 11.6. The van der Waals surface area contributed by atoms with Crippen LogP contribution in [-0.2, 0) is 14.3 Å². The molecule has 0 spiro atoms. The van der Waals surface area contributed by atoms with Crippen LogP contribution in [0, 0.1) is 5.41 Å². The molecule has 176 valence electrons. The summed E-state index contributed by atoms with van der Waals surface area (Å²) < 4.78 is 16.8. The molecule has 1 N–H and O–H groups in total. The van der Waals surface area contributed by atoms with E-state index < -0.39 is 11.5 Å². The highest BCUT2D eigenvalue weighted by atomic mass is 16.6. The van der Waals surface area contributed by atoms with E-state index in [9.17, 15) is 9.90 Å². The van der Waals surface area contributed by atoms with Crippen LogP contribution in [0.3, 0.4) is 0 Å². The Labute approximate surface area is 192 Å². The zero-order valence-corrected chi connectivity index (χ0v) is 19.7. The van der Waals surface area contributed by atoms with Gasteiger partial charge in [0.1, 0.15) is 18.5 Å². The first-order valence-electron chi connectivity index (χ1n) is 11.6. The summed E-state index contributed by atoms with van der Waals surface area (Å²) in [4.78, 5) is 12.0. The number of hydrogen-bond donors (Lipinski definition) is 1. The van der Waals surface area contributed by atoms with Crippen molar-refractivity contribution < 1.29 is 24.1 Å². The van der Waals surface area contributed by atoms with Crippen LogP contribution in [0.15, 0.2) is 54.6 Å². The number of carbonyl (C=O) groups excluding carboxylic acids is 1. The fraction of sp³-hybridized carbons (Fsp3) is 0.519. The van der Waals surface area contributed by atoms with Gasteiger partial charge in [0.15, 0.2) is 0 Å². The van der Waals surface area contributed by atoms with Gasteiger partial charge < -0.3 is 19.3 Å². The first-order chi connectivity index (χ1) is 15.5. The molecule has 0 aliphatic rings. The van der Waals surface area contributed by atoms with Crippen molar-refractivity contribution in [1.82, 2.24) is 0 Å². The van der Waals surface area contributed by atoms with E-state index in [-0.39, 0.29) is 19.2 Å². The lowest BCUT2D eigenvalue weighted by Crippen LogP contribution is -2.31. The molecule has 0 bridgehead atoms. The minimum absolute atomic E-state index is 0.0929. The van der Waals surface area contributed by atoms with E-state index in [1.54, 1.807) is 0 Å². The minimum atomic E-state index is -0.508. The van der Waals surface area contributed by atoms with Crippen molar-refractivity contribution in [3.8, 4) is 16.9 Å². The highest BCUT2D eigenvalue weighted by Gasteiger charge is 2.27. The summed E-state index contributed by atoms with van der Waals surface area (Å²) in [5.41, 5.74) is 1.88. The molecule has 0 saturated heterocycles.